The number of amides is 1. The lowest BCUT2D eigenvalue weighted by molar-refractivity contribution is -0.111. The van der Waals surface area contributed by atoms with Crippen molar-refractivity contribution in [1.29, 1.82) is 0 Å². The molecule has 0 aliphatic rings. The number of rotatable bonds is 4. The molecule has 0 atom stereocenters. The number of anilines is 1. The van der Waals surface area contributed by atoms with Crippen LogP contribution in [-0.4, -0.2) is 26.1 Å². The zero-order valence-corrected chi connectivity index (χ0v) is 10.4. The van der Waals surface area contributed by atoms with Gasteiger partial charge in [-0.2, -0.15) is 0 Å². The van der Waals surface area contributed by atoms with E-state index in [2.05, 4.69) is 20.8 Å². The standard InChI is InChI=1S/C13H13N5O/c1-2-3-4-5-13(19)15-11-6-8-12(9-7-11)18-10-14-16-17-18/h2-10H,1H3,(H,15,19). The molecule has 0 bridgehead atoms. The van der Waals surface area contributed by atoms with Crippen molar-refractivity contribution in [1.82, 2.24) is 20.2 Å². The van der Waals surface area contributed by atoms with Crippen molar-refractivity contribution in [3.8, 4) is 5.69 Å². The highest BCUT2D eigenvalue weighted by atomic mass is 16.1. The number of tetrazole rings is 1. The molecule has 0 saturated heterocycles. The molecule has 0 saturated carbocycles. The van der Waals surface area contributed by atoms with Gasteiger partial charge in [-0.05, 0) is 41.6 Å². The number of benzene rings is 1. The fraction of sp³-hybridized carbons (Fsp3) is 0.0769. The minimum atomic E-state index is -0.173. The summed E-state index contributed by atoms with van der Waals surface area (Å²) in [6.07, 6.45) is 8.30. The molecule has 0 fully saturated rings. The number of hydrogen-bond donors (Lipinski definition) is 1. The highest BCUT2D eigenvalue weighted by molar-refractivity contribution is 5.99. The molecule has 0 aliphatic carbocycles. The first kappa shape index (κ1) is 12.7. The maximum atomic E-state index is 11.5. The van der Waals surface area contributed by atoms with Gasteiger partial charge < -0.3 is 5.32 Å². The molecular formula is C13H13N5O. The van der Waals surface area contributed by atoms with Gasteiger partial charge in [0.1, 0.15) is 6.33 Å². The number of hydrogen-bond acceptors (Lipinski definition) is 4. The smallest absolute Gasteiger partial charge is 0.248 e. The Morgan fingerprint density at radius 1 is 1.26 bits per heavy atom. The van der Waals surface area contributed by atoms with E-state index in [4.69, 9.17) is 0 Å². The van der Waals surface area contributed by atoms with Crippen LogP contribution in [0.4, 0.5) is 5.69 Å². The molecule has 6 nitrogen and oxygen atoms in total. The van der Waals surface area contributed by atoms with Crippen LogP contribution in [0.3, 0.4) is 0 Å². The normalized spacial score (nSPS) is 11.2. The zero-order valence-electron chi connectivity index (χ0n) is 10.4. The largest absolute Gasteiger partial charge is 0.323 e. The Bertz CT molecular complexity index is 584. The van der Waals surface area contributed by atoms with Gasteiger partial charge in [-0.25, -0.2) is 4.68 Å². The molecule has 0 aliphatic heterocycles. The van der Waals surface area contributed by atoms with Crippen LogP contribution in [0.5, 0.6) is 0 Å². The third-order valence-corrected chi connectivity index (χ3v) is 2.30. The minimum absolute atomic E-state index is 0.173. The van der Waals surface area contributed by atoms with Crippen molar-refractivity contribution in [2.45, 2.75) is 6.92 Å². The number of allylic oxidation sites excluding steroid dienone is 3. The second kappa shape index (κ2) is 6.25. The number of aromatic nitrogens is 4. The summed E-state index contributed by atoms with van der Waals surface area (Å²) in [4.78, 5) is 11.5. The van der Waals surface area contributed by atoms with Gasteiger partial charge in [-0.3, -0.25) is 4.79 Å². The first-order valence-corrected chi connectivity index (χ1v) is 5.73. The van der Waals surface area contributed by atoms with Crippen LogP contribution >= 0.6 is 0 Å². The number of nitrogens with one attached hydrogen (secondary N) is 1. The average Bonchev–Trinajstić information content (AvgIpc) is 2.94. The van der Waals surface area contributed by atoms with E-state index in [-0.39, 0.29) is 5.91 Å². The lowest BCUT2D eigenvalue weighted by Crippen LogP contribution is -2.07. The highest BCUT2D eigenvalue weighted by Gasteiger charge is 2.00. The molecule has 1 aromatic carbocycles. The van der Waals surface area contributed by atoms with Gasteiger partial charge in [0.2, 0.25) is 5.91 Å². The topological polar surface area (TPSA) is 72.7 Å². The quantitative estimate of drug-likeness (QED) is 0.667. The van der Waals surface area contributed by atoms with E-state index in [0.717, 1.165) is 5.69 Å². The van der Waals surface area contributed by atoms with E-state index >= 15 is 0 Å². The fourth-order valence-corrected chi connectivity index (χ4v) is 1.42. The third-order valence-electron chi connectivity index (χ3n) is 2.30. The molecule has 2 aromatic rings. The van der Waals surface area contributed by atoms with Gasteiger partial charge >= 0.3 is 0 Å². The minimum Gasteiger partial charge on any atom is -0.323 e. The molecule has 6 heteroatoms. The Morgan fingerprint density at radius 2 is 2.05 bits per heavy atom. The summed E-state index contributed by atoms with van der Waals surface area (Å²) in [6.45, 7) is 1.89. The molecule has 0 radical (unpaired) electrons. The summed E-state index contributed by atoms with van der Waals surface area (Å²) < 4.78 is 1.54. The van der Waals surface area contributed by atoms with Crippen molar-refractivity contribution in [3.05, 3.63) is 54.9 Å². The van der Waals surface area contributed by atoms with Crippen LogP contribution in [0.1, 0.15) is 6.92 Å². The highest BCUT2D eigenvalue weighted by Crippen LogP contribution is 2.11. The number of carbonyl (C=O) groups excluding carboxylic acids is 1. The molecule has 1 N–H and O–H groups in total. The molecule has 0 unspecified atom stereocenters. The van der Waals surface area contributed by atoms with Crippen LogP contribution in [-0.2, 0) is 4.79 Å². The van der Waals surface area contributed by atoms with Crippen LogP contribution in [0, 0.1) is 0 Å². The Kier molecular flexibility index (Phi) is 4.17. The van der Waals surface area contributed by atoms with Gasteiger partial charge in [0.25, 0.3) is 0 Å². The summed E-state index contributed by atoms with van der Waals surface area (Å²) in [7, 11) is 0. The fourth-order valence-electron chi connectivity index (χ4n) is 1.42. The summed E-state index contributed by atoms with van der Waals surface area (Å²) in [5.41, 5.74) is 1.54. The molecule has 1 heterocycles. The SMILES string of the molecule is CC=CC=CC(=O)Nc1ccc(-n2cnnn2)cc1. The van der Waals surface area contributed by atoms with E-state index in [9.17, 15) is 4.79 Å². The molecule has 1 amide bonds. The molecule has 96 valence electrons. The summed E-state index contributed by atoms with van der Waals surface area (Å²) in [6, 6.07) is 7.22. The van der Waals surface area contributed by atoms with Crippen LogP contribution < -0.4 is 5.32 Å². The van der Waals surface area contributed by atoms with Gasteiger partial charge in [0.15, 0.2) is 0 Å². The predicted octanol–water partition coefficient (Wildman–Crippen LogP) is 1.73. The monoisotopic (exact) mass is 255 g/mol. The van der Waals surface area contributed by atoms with Crippen LogP contribution in [0.25, 0.3) is 5.69 Å². The van der Waals surface area contributed by atoms with Gasteiger partial charge in [-0.15, -0.1) is 5.10 Å². The van der Waals surface area contributed by atoms with E-state index in [0.29, 0.717) is 5.69 Å². The summed E-state index contributed by atoms with van der Waals surface area (Å²) in [5, 5.41) is 13.6. The van der Waals surface area contributed by atoms with Crippen molar-refractivity contribution in [3.63, 3.8) is 0 Å². The Labute approximate surface area is 110 Å². The van der Waals surface area contributed by atoms with E-state index in [1.54, 1.807) is 24.3 Å². The first-order chi connectivity index (χ1) is 9.29. The first-order valence-electron chi connectivity index (χ1n) is 5.73. The Balaban J connectivity index is 2.01. The second-order valence-corrected chi connectivity index (χ2v) is 3.68. The van der Waals surface area contributed by atoms with E-state index < -0.39 is 0 Å². The van der Waals surface area contributed by atoms with Crippen molar-refractivity contribution in [2.24, 2.45) is 0 Å². The van der Waals surface area contributed by atoms with Gasteiger partial charge in [0.05, 0.1) is 5.69 Å². The zero-order chi connectivity index (χ0) is 13.5. The Hall–Kier alpha value is -2.76. The maximum Gasteiger partial charge on any atom is 0.248 e. The van der Waals surface area contributed by atoms with Gasteiger partial charge in [-0.1, -0.05) is 18.2 Å². The summed E-state index contributed by atoms with van der Waals surface area (Å²) >= 11 is 0. The molecule has 19 heavy (non-hydrogen) atoms. The molecule has 2 rings (SSSR count). The van der Waals surface area contributed by atoms with Gasteiger partial charge in [0, 0.05) is 11.8 Å². The van der Waals surface area contributed by atoms with Crippen molar-refractivity contribution >= 4 is 11.6 Å². The third kappa shape index (κ3) is 3.60. The predicted molar refractivity (Wildman–Crippen MR) is 71.7 cm³/mol. The van der Waals surface area contributed by atoms with E-state index in [1.807, 2.05) is 25.1 Å². The maximum absolute atomic E-state index is 11.5. The molecule has 1 aromatic heterocycles. The van der Waals surface area contributed by atoms with Crippen LogP contribution in [0.15, 0.2) is 54.9 Å². The average molecular weight is 255 g/mol. The lowest BCUT2D eigenvalue weighted by Gasteiger charge is -2.03. The second-order valence-electron chi connectivity index (χ2n) is 3.68. The van der Waals surface area contributed by atoms with Crippen molar-refractivity contribution < 1.29 is 4.79 Å². The number of nitrogens with zero attached hydrogens (tertiary/aromatic N) is 4. The lowest BCUT2D eigenvalue weighted by atomic mass is 10.3. The van der Waals surface area contributed by atoms with E-state index in [1.165, 1.54) is 17.1 Å². The van der Waals surface area contributed by atoms with Crippen LogP contribution in [0.2, 0.25) is 0 Å². The number of carbonyl (C=O) groups is 1. The Morgan fingerprint density at radius 3 is 2.68 bits per heavy atom. The molecule has 0 spiro atoms. The summed E-state index contributed by atoms with van der Waals surface area (Å²) in [5.74, 6) is -0.173. The molecular weight excluding hydrogens is 242 g/mol. The van der Waals surface area contributed by atoms with Crippen molar-refractivity contribution in [2.75, 3.05) is 5.32 Å².